The van der Waals surface area contributed by atoms with Gasteiger partial charge in [0.05, 0.1) is 22.0 Å². The molecule has 0 atom stereocenters. The zero-order valence-electron chi connectivity index (χ0n) is 14.3. The number of para-hydroxylation sites is 3. The fourth-order valence-electron chi connectivity index (χ4n) is 3.68. The Morgan fingerprint density at radius 1 is 0.769 bits per heavy atom. The molecule has 0 saturated carbocycles. The maximum Gasteiger partial charge on any atom is 0.240 e. The summed E-state index contributed by atoms with van der Waals surface area (Å²) in [6, 6.07) is 27.3. The molecular weight excluding hydrogens is 433 g/mol. The number of nitrogens with one attached hydrogen (secondary N) is 2. The van der Waals surface area contributed by atoms with Gasteiger partial charge in [-0.15, -0.1) is 0 Å². The highest BCUT2D eigenvalue weighted by Gasteiger charge is 2.22. The van der Waals surface area contributed by atoms with E-state index in [0.717, 1.165) is 22.4 Å². The molecule has 0 spiro atoms. The van der Waals surface area contributed by atoms with Gasteiger partial charge in [0.25, 0.3) is 0 Å². The van der Waals surface area contributed by atoms with Gasteiger partial charge in [-0.05, 0) is 30.3 Å². The van der Waals surface area contributed by atoms with E-state index in [1.54, 1.807) is 0 Å². The molecule has 5 aromatic rings. The Morgan fingerprint density at radius 2 is 1.42 bits per heavy atom. The van der Waals surface area contributed by atoms with Crippen molar-refractivity contribution in [3.05, 3.63) is 78.9 Å². The Bertz CT molecular complexity index is 1230. The second-order valence-corrected chi connectivity index (χ2v) is 6.34. The molecule has 4 heteroatoms. The zero-order valence-corrected chi connectivity index (χ0v) is 16.5. The smallest absolute Gasteiger partial charge is 0.240 e. The molecule has 0 bridgehead atoms. The molecule has 0 unspecified atom stereocenters. The minimum atomic E-state index is 0. The van der Waals surface area contributed by atoms with E-state index in [1.165, 1.54) is 21.8 Å². The molecule has 0 aliphatic heterocycles. The minimum Gasteiger partial charge on any atom is -1.00 e. The van der Waals surface area contributed by atoms with Crippen molar-refractivity contribution in [1.29, 1.82) is 0 Å². The molecule has 128 valence electrons. The van der Waals surface area contributed by atoms with Crippen LogP contribution in [0.25, 0.3) is 32.8 Å². The van der Waals surface area contributed by atoms with Crippen LogP contribution in [-0.4, -0.2) is 4.98 Å². The van der Waals surface area contributed by atoms with Gasteiger partial charge in [-0.2, -0.15) is 4.57 Å². The van der Waals surface area contributed by atoms with E-state index >= 15 is 0 Å². The summed E-state index contributed by atoms with van der Waals surface area (Å²) in [4.78, 5) is 3.62. The summed E-state index contributed by atoms with van der Waals surface area (Å²) in [5.41, 5.74) is 6.91. The van der Waals surface area contributed by atoms with E-state index in [-0.39, 0.29) is 24.0 Å². The summed E-state index contributed by atoms with van der Waals surface area (Å²) in [5, 5.41) is 6.07. The highest BCUT2D eigenvalue weighted by molar-refractivity contribution is 6.13. The Labute approximate surface area is 168 Å². The maximum absolute atomic E-state index is 3.63. The van der Waals surface area contributed by atoms with Gasteiger partial charge in [0.15, 0.2) is 0 Å². The molecule has 0 aliphatic carbocycles. The van der Waals surface area contributed by atoms with Crippen molar-refractivity contribution in [2.45, 2.75) is 0 Å². The summed E-state index contributed by atoms with van der Waals surface area (Å²) in [6.07, 6.45) is 0. The number of benzene rings is 3. The molecule has 0 saturated heterocycles. The molecular formula is C22H18IN3. The van der Waals surface area contributed by atoms with E-state index in [4.69, 9.17) is 0 Å². The predicted octanol–water partition coefficient (Wildman–Crippen LogP) is 2.05. The highest BCUT2D eigenvalue weighted by Crippen LogP contribution is 2.34. The number of aromatic amines is 1. The number of hydrogen-bond acceptors (Lipinski definition) is 1. The fraction of sp³-hybridized carbons (Fsp3) is 0.0455. The molecule has 3 aromatic carbocycles. The molecule has 3 nitrogen and oxygen atoms in total. The Balaban J connectivity index is 0.00000168. The number of rotatable bonds is 2. The van der Waals surface area contributed by atoms with Gasteiger partial charge in [0, 0.05) is 11.8 Å². The van der Waals surface area contributed by atoms with Crippen molar-refractivity contribution in [1.82, 2.24) is 4.98 Å². The number of anilines is 2. The maximum atomic E-state index is 3.63. The first-order chi connectivity index (χ1) is 12.3. The van der Waals surface area contributed by atoms with Gasteiger partial charge >= 0.3 is 0 Å². The zero-order chi connectivity index (χ0) is 16.8. The second kappa shape index (κ2) is 6.61. The number of nitrogens with zero attached hydrogens (tertiary/aromatic N) is 1. The van der Waals surface area contributed by atoms with Crippen molar-refractivity contribution in [2.24, 2.45) is 7.05 Å². The summed E-state index contributed by atoms with van der Waals surface area (Å²) < 4.78 is 2.28. The summed E-state index contributed by atoms with van der Waals surface area (Å²) in [6.45, 7) is 0. The van der Waals surface area contributed by atoms with Crippen LogP contribution in [0.2, 0.25) is 0 Å². The normalized spacial score (nSPS) is 11.0. The number of aromatic nitrogens is 2. The van der Waals surface area contributed by atoms with Crippen LogP contribution >= 0.6 is 0 Å². The molecule has 2 aromatic heterocycles. The first-order valence-electron chi connectivity index (χ1n) is 8.46. The van der Waals surface area contributed by atoms with Crippen LogP contribution in [0.1, 0.15) is 0 Å². The lowest BCUT2D eigenvalue weighted by Gasteiger charge is -2.10. The van der Waals surface area contributed by atoms with E-state index in [1.807, 2.05) is 6.07 Å². The number of fused-ring (bicyclic) bond motifs is 4. The molecule has 5 rings (SSSR count). The van der Waals surface area contributed by atoms with Gasteiger partial charge in [-0.25, -0.2) is 0 Å². The average molecular weight is 451 g/mol. The summed E-state index contributed by atoms with van der Waals surface area (Å²) in [7, 11) is 2.14. The standard InChI is InChI=1S/C22H17N3.HI/c1-25-19-14-8-6-12-17(19)20(23-15-9-3-2-4-10-15)21-22(25)16-11-5-7-13-18(16)24-21;/h2-14H,1H3,(H,23,24);1H. The number of hydrogen-bond donors (Lipinski definition) is 2. The van der Waals surface area contributed by atoms with Gasteiger partial charge in [0.2, 0.25) is 11.0 Å². The fourth-order valence-corrected chi connectivity index (χ4v) is 3.68. The van der Waals surface area contributed by atoms with Gasteiger partial charge in [-0.1, -0.05) is 42.5 Å². The SMILES string of the molecule is C[n+]1c2ccccc2c(Nc2ccccc2)c2[nH]c3ccccc3c21.[I-]. The summed E-state index contributed by atoms with van der Waals surface area (Å²) in [5.74, 6) is 0. The van der Waals surface area contributed by atoms with E-state index in [9.17, 15) is 0 Å². The molecule has 26 heavy (non-hydrogen) atoms. The van der Waals surface area contributed by atoms with Crippen molar-refractivity contribution < 1.29 is 28.5 Å². The van der Waals surface area contributed by atoms with Gasteiger partial charge < -0.3 is 34.3 Å². The first-order valence-corrected chi connectivity index (χ1v) is 8.46. The molecule has 2 N–H and O–H groups in total. The third-order valence-corrected chi connectivity index (χ3v) is 4.84. The number of aryl methyl sites for hydroxylation is 1. The Hall–Kier alpha value is -2.60. The quantitative estimate of drug-likeness (QED) is 0.313. The van der Waals surface area contributed by atoms with Crippen LogP contribution in [0, 0.1) is 0 Å². The van der Waals surface area contributed by atoms with Crippen molar-refractivity contribution in [3.8, 4) is 0 Å². The van der Waals surface area contributed by atoms with Crippen LogP contribution in [0.15, 0.2) is 78.9 Å². The van der Waals surface area contributed by atoms with E-state index < -0.39 is 0 Å². The number of halogens is 1. The van der Waals surface area contributed by atoms with Crippen molar-refractivity contribution >= 4 is 44.2 Å². The molecule has 2 heterocycles. The van der Waals surface area contributed by atoms with Crippen LogP contribution < -0.4 is 33.9 Å². The largest absolute Gasteiger partial charge is 1.00 e. The lowest BCUT2D eigenvalue weighted by Crippen LogP contribution is -3.00. The number of H-pyrrole nitrogens is 1. The monoisotopic (exact) mass is 451 g/mol. The molecule has 0 amide bonds. The highest BCUT2D eigenvalue weighted by atomic mass is 127. The number of pyridine rings is 1. The topological polar surface area (TPSA) is 31.7 Å². The summed E-state index contributed by atoms with van der Waals surface area (Å²) >= 11 is 0. The molecule has 0 fully saturated rings. The first kappa shape index (κ1) is 16.8. The molecule has 0 radical (unpaired) electrons. The van der Waals surface area contributed by atoms with Gasteiger partial charge in [-0.3, -0.25) is 0 Å². The van der Waals surface area contributed by atoms with E-state index in [0.29, 0.717) is 0 Å². The van der Waals surface area contributed by atoms with Crippen LogP contribution in [0.4, 0.5) is 11.4 Å². The third-order valence-electron chi connectivity index (χ3n) is 4.84. The van der Waals surface area contributed by atoms with Crippen LogP contribution in [-0.2, 0) is 7.05 Å². The van der Waals surface area contributed by atoms with Crippen molar-refractivity contribution in [2.75, 3.05) is 5.32 Å². The minimum absolute atomic E-state index is 0. The van der Waals surface area contributed by atoms with Crippen LogP contribution in [0.3, 0.4) is 0 Å². The lowest BCUT2D eigenvalue weighted by molar-refractivity contribution is -0.616. The van der Waals surface area contributed by atoms with Crippen LogP contribution in [0.5, 0.6) is 0 Å². The lowest BCUT2D eigenvalue weighted by atomic mass is 10.1. The average Bonchev–Trinajstić information content (AvgIpc) is 3.06. The third kappa shape index (κ3) is 2.52. The van der Waals surface area contributed by atoms with E-state index in [2.05, 4.69) is 94.7 Å². The van der Waals surface area contributed by atoms with Crippen molar-refractivity contribution in [3.63, 3.8) is 0 Å². The van der Waals surface area contributed by atoms with Gasteiger partial charge in [0.1, 0.15) is 12.6 Å². The Morgan fingerprint density at radius 3 is 2.23 bits per heavy atom. The Kier molecular flexibility index (Phi) is 4.28. The second-order valence-electron chi connectivity index (χ2n) is 6.34. The molecule has 0 aliphatic rings. The predicted molar refractivity (Wildman–Crippen MR) is 104 cm³/mol.